The van der Waals surface area contributed by atoms with E-state index in [0.29, 0.717) is 19.1 Å². The Balaban J connectivity index is 2.32. The highest BCUT2D eigenvalue weighted by Crippen LogP contribution is 2.18. The number of rotatable bonds is 9. The second-order valence-corrected chi connectivity index (χ2v) is 5.58. The Bertz CT molecular complexity index is 274. The van der Waals surface area contributed by atoms with Crippen molar-refractivity contribution >= 4 is 5.97 Å². The Labute approximate surface area is 123 Å². The van der Waals surface area contributed by atoms with Gasteiger partial charge in [-0.25, -0.2) is 0 Å². The molecule has 0 aromatic rings. The number of carbonyl (C=O) groups excluding carboxylic acids is 1. The van der Waals surface area contributed by atoms with E-state index in [9.17, 15) is 4.79 Å². The molecule has 1 unspecified atom stereocenters. The second-order valence-electron chi connectivity index (χ2n) is 5.58. The third-order valence-electron chi connectivity index (χ3n) is 4.17. The predicted octanol–water partition coefficient (Wildman–Crippen LogP) is 1.37. The topological polar surface area (TPSA) is 42.0 Å². The van der Waals surface area contributed by atoms with E-state index in [1.807, 2.05) is 0 Å². The number of ether oxygens (including phenoxy) is 2. The van der Waals surface area contributed by atoms with Gasteiger partial charge in [-0.3, -0.25) is 4.79 Å². The van der Waals surface area contributed by atoms with Crippen LogP contribution in [0.3, 0.4) is 0 Å². The summed E-state index contributed by atoms with van der Waals surface area (Å²) in [4.78, 5) is 16.0. The largest absolute Gasteiger partial charge is 0.469 e. The molecule has 0 aromatic carbocycles. The second kappa shape index (κ2) is 10.1. The van der Waals surface area contributed by atoms with Crippen LogP contribution in [0.4, 0.5) is 0 Å². The lowest BCUT2D eigenvalue weighted by molar-refractivity contribution is -0.141. The quantitative estimate of drug-likeness (QED) is 0.599. The van der Waals surface area contributed by atoms with Crippen LogP contribution in [0.15, 0.2) is 0 Å². The van der Waals surface area contributed by atoms with E-state index >= 15 is 0 Å². The molecule has 5 heteroatoms. The van der Waals surface area contributed by atoms with Gasteiger partial charge in [0, 0.05) is 26.2 Å². The van der Waals surface area contributed by atoms with Crippen LogP contribution in [-0.4, -0.2) is 75.9 Å². The van der Waals surface area contributed by atoms with E-state index in [0.717, 1.165) is 19.6 Å². The highest BCUT2D eigenvalue weighted by molar-refractivity contribution is 5.69. The van der Waals surface area contributed by atoms with Crippen LogP contribution in [0.25, 0.3) is 0 Å². The maximum atomic E-state index is 11.3. The first kappa shape index (κ1) is 17.4. The van der Waals surface area contributed by atoms with E-state index in [4.69, 9.17) is 9.47 Å². The Morgan fingerprint density at radius 2 is 2.05 bits per heavy atom. The number of likely N-dealkylation sites (tertiary alicyclic amines) is 1. The molecule has 0 aliphatic carbocycles. The van der Waals surface area contributed by atoms with Crippen molar-refractivity contribution in [3.05, 3.63) is 0 Å². The fourth-order valence-electron chi connectivity index (χ4n) is 2.75. The van der Waals surface area contributed by atoms with Crippen LogP contribution in [0.2, 0.25) is 0 Å². The van der Waals surface area contributed by atoms with E-state index in [1.165, 1.54) is 39.3 Å². The molecule has 1 heterocycles. The van der Waals surface area contributed by atoms with Gasteiger partial charge in [-0.05, 0) is 39.4 Å². The molecular formula is C15H30N2O3. The maximum Gasteiger partial charge on any atom is 0.306 e. The van der Waals surface area contributed by atoms with Crippen LogP contribution in [0, 0.1) is 0 Å². The minimum atomic E-state index is -0.137. The maximum absolute atomic E-state index is 11.3. The van der Waals surface area contributed by atoms with E-state index in [1.54, 1.807) is 7.11 Å². The molecule has 1 fully saturated rings. The molecule has 1 aliphatic heterocycles. The van der Waals surface area contributed by atoms with Crippen molar-refractivity contribution in [2.24, 2.45) is 0 Å². The van der Waals surface area contributed by atoms with Crippen molar-refractivity contribution in [1.29, 1.82) is 0 Å². The minimum absolute atomic E-state index is 0.137. The number of methoxy groups -OCH3 is 2. The Hall–Kier alpha value is -0.650. The van der Waals surface area contributed by atoms with Gasteiger partial charge in [0.05, 0.1) is 20.1 Å². The van der Waals surface area contributed by atoms with Crippen molar-refractivity contribution in [2.45, 2.75) is 38.1 Å². The summed E-state index contributed by atoms with van der Waals surface area (Å²) in [6.45, 7) is 4.58. The molecule has 1 saturated heterocycles. The number of nitrogens with zero attached hydrogens (tertiary/aromatic N) is 2. The van der Waals surface area contributed by atoms with Gasteiger partial charge in [-0.2, -0.15) is 0 Å². The SMILES string of the molecule is COCCN(CCC(=O)OC)CCC1CCCCN1C. The molecule has 0 spiro atoms. The fourth-order valence-corrected chi connectivity index (χ4v) is 2.75. The summed E-state index contributed by atoms with van der Waals surface area (Å²) in [5.74, 6) is -0.137. The first-order chi connectivity index (χ1) is 9.67. The number of hydrogen-bond acceptors (Lipinski definition) is 5. The number of esters is 1. The Morgan fingerprint density at radius 1 is 1.25 bits per heavy atom. The number of piperidine rings is 1. The lowest BCUT2D eigenvalue weighted by atomic mass is 10.00. The summed E-state index contributed by atoms with van der Waals surface area (Å²) in [6.07, 6.45) is 5.59. The van der Waals surface area contributed by atoms with Crippen molar-refractivity contribution in [2.75, 3.05) is 54.1 Å². The van der Waals surface area contributed by atoms with Gasteiger partial charge in [0.1, 0.15) is 0 Å². The van der Waals surface area contributed by atoms with Crippen molar-refractivity contribution in [3.63, 3.8) is 0 Å². The smallest absolute Gasteiger partial charge is 0.306 e. The van der Waals surface area contributed by atoms with Crippen LogP contribution in [0.5, 0.6) is 0 Å². The third-order valence-corrected chi connectivity index (χ3v) is 4.17. The van der Waals surface area contributed by atoms with E-state index < -0.39 is 0 Å². The molecule has 20 heavy (non-hydrogen) atoms. The van der Waals surface area contributed by atoms with Gasteiger partial charge in [0.2, 0.25) is 0 Å². The predicted molar refractivity (Wildman–Crippen MR) is 79.8 cm³/mol. The van der Waals surface area contributed by atoms with E-state index in [-0.39, 0.29) is 5.97 Å². The third kappa shape index (κ3) is 6.68. The zero-order valence-corrected chi connectivity index (χ0v) is 13.3. The van der Waals surface area contributed by atoms with E-state index in [2.05, 4.69) is 16.8 Å². The summed E-state index contributed by atoms with van der Waals surface area (Å²) < 4.78 is 9.86. The molecular weight excluding hydrogens is 256 g/mol. The molecule has 118 valence electrons. The molecule has 1 atom stereocenters. The van der Waals surface area contributed by atoms with Gasteiger partial charge in [-0.15, -0.1) is 0 Å². The van der Waals surface area contributed by atoms with Gasteiger partial charge < -0.3 is 19.3 Å². The summed E-state index contributed by atoms with van der Waals surface area (Å²) in [6, 6.07) is 0.687. The lowest BCUT2D eigenvalue weighted by Gasteiger charge is -2.34. The first-order valence-corrected chi connectivity index (χ1v) is 7.65. The summed E-state index contributed by atoms with van der Waals surface area (Å²) in [7, 11) is 5.38. The fraction of sp³-hybridized carbons (Fsp3) is 0.933. The van der Waals surface area contributed by atoms with Gasteiger partial charge in [-0.1, -0.05) is 6.42 Å². The Kier molecular flexibility index (Phi) is 8.82. The molecule has 1 rings (SSSR count). The normalized spacial score (nSPS) is 20.3. The zero-order valence-electron chi connectivity index (χ0n) is 13.3. The van der Waals surface area contributed by atoms with Crippen molar-refractivity contribution in [1.82, 2.24) is 9.80 Å². The molecule has 0 aromatic heterocycles. The van der Waals surface area contributed by atoms with Crippen molar-refractivity contribution in [3.8, 4) is 0 Å². The van der Waals surface area contributed by atoms with Crippen LogP contribution in [-0.2, 0) is 14.3 Å². The molecule has 0 saturated carbocycles. The average Bonchev–Trinajstić information content (AvgIpc) is 2.47. The molecule has 0 radical (unpaired) electrons. The highest BCUT2D eigenvalue weighted by atomic mass is 16.5. The molecule has 1 aliphatic rings. The highest BCUT2D eigenvalue weighted by Gasteiger charge is 2.19. The standard InChI is InChI=1S/C15H30N2O3/c1-16-9-5-4-6-14(16)7-10-17(12-13-19-2)11-8-15(18)20-3/h14H,4-13H2,1-3H3. The lowest BCUT2D eigenvalue weighted by Crippen LogP contribution is -2.40. The molecule has 0 amide bonds. The number of hydrogen-bond donors (Lipinski definition) is 0. The minimum Gasteiger partial charge on any atom is -0.469 e. The Morgan fingerprint density at radius 3 is 2.70 bits per heavy atom. The summed E-state index contributed by atoms with van der Waals surface area (Å²) in [5.41, 5.74) is 0. The van der Waals surface area contributed by atoms with Crippen molar-refractivity contribution < 1.29 is 14.3 Å². The average molecular weight is 286 g/mol. The zero-order chi connectivity index (χ0) is 14.8. The number of carbonyl (C=O) groups is 1. The summed E-state index contributed by atoms with van der Waals surface area (Å²) >= 11 is 0. The van der Waals surface area contributed by atoms with Crippen LogP contribution in [0.1, 0.15) is 32.1 Å². The summed E-state index contributed by atoms with van der Waals surface area (Å²) in [5, 5.41) is 0. The van der Waals surface area contributed by atoms with Gasteiger partial charge >= 0.3 is 5.97 Å². The molecule has 0 bridgehead atoms. The van der Waals surface area contributed by atoms with Crippen LogP contribution >= 0.6 is 0 Å². The molecule has 5 nitrogen and oxygen atoms in total. The van der Waals surface area contributed by atoms with Crippen LogP contribution < -0.4 is 0 Å². The van der Waals surface area contributed by atoms with Gasteiger partial charge in [0.25, 0.3) is 0 Å². The first-order valence-electron chi connectivity index (χ1n) is 7.65. The monoisotopic (exact) mass is 286 g/mol. The molecule has 0 N–H and O–H groups in total. The van der Waals surface area contributed by atoms with Gasteiger partial charge in [0.15, 0.2) is 0 Å².